The van der Waals surface area contributed by atoms with E-state index in [0.29, 0.717) is 6.61 Å². The van der Waals surface area contributed by atoms with Gasteiger partial charge in [-0.1, -0.05) is 0 Å². The summed E-state index contributed by atoms with van der Waals surface area (Å²) in [6, 6.07) is 9.93. The van der Waals surface area contributed by atoms with Crippen molar-refractivity contribution in [2.24, 2.45) is 5.73 Å². The maximum Gasteiger partial charge on any atom is 0.133 e. The Bertz CT molecular complexity index is 778. The van der Waals surface area contributed by atoms with Crippen molar-refractivity contribution in [1.29, 1.82) is 5.41 Å². The van der Waals surface area contributed by atoms with Crippen LogP contribution in [-0.2, 0) is 6.61 Å². The SMILES string of the molecule is N=C(N)c1cc2ccc(OCc3cc(Br)cs3)cc2s1. The maximum atomic E-state index is 7.47. The zero-order valence-electron chi connectivity index (χ0n) is 10.4. The van der Waals surface area contributed by atoms with Crippen LogP contribution in [0.1, 0.15) is 9.75 Å². The van der Waals surface area contributed by atoms with Gasteiger partial charge in [-0.3, -0.25) is 5.41 Å². The number of nitrogens with one attached hydrogen (secondary N) is 1. The highest BCUT2D eigenvalue weighted by atomic mass is 79.9. The molecule has 0 bridgehead atoms. The second kappa shape index (κ2) is 5.55. The minimum atomic E-state index is 0.108. The molecule has 0 spiro atoms. The van der Waals surface area contributed by atoms with Gasteiger partial charge in [0.15, 0.2) is 0 Å². The summed E-state index contributed by atoms with van der Waals surface area (Å²) in [7, 11) is 0. The smallest absolute Gasteiger partial charge is 0.133 e. The van der Waals surface area contributed by atoms with Gasteiger partial charge in [-0.05, 0) is 51.6 Å². The first kappa shape index (κ1) is 13.6. The number of halogens is 1. The summed E-state index contributed by atoms with van der Waals surface area (Å²) >= 11 is 6.61. The molecule has 0 aliphatic carbocycles. The molecule has 2 heterocycles. The first-order chi connectivity index (χ1) is 9.61. The van der Waals surface area contributed by atoms with Crippen LogP contribution in [-0.4, -0.2) is 5.84 Å². The van der Waals surface area contributed by atoms with Crippen LogP contribution in [0, 0.1) is 5.41 Å². The van der Waals surface area contributed by atoms with Crippen LogP contribution in [0.15, 0.2) is 40.2 Å². The molecule has 1 aromatic carbocycles. The molecule has 102 valence electrons. The van der Waals surface area contributed by atoms with E-state index in [1.807, 2.05) is 29.6 Å². The molecule has 6 heteroatoms. The molecule has 0 radical (unpaired) electrons. The molecule has 0 unspecified atom stereocenters. The minimum absolute atomic E-state index is 0.108. The molecule has 0 aliphatic rings. The van der Waals surface area contributed by atoms with Gasteiger partial charge in [0.05, 0.1) is 4.88 Å². The molecule has 0 amide bonds. The molecule has 3 rings (SSSR count). The van der Waals surface area contributed by atoms with E-state index in [2.05, 4.69) is 22.0 Å². The van der Waals surface area contributed by atoms with Crippen molar-refractivity contribution >= 4 is 54.5 Å². The van der Waals surface area contributed by atoms with Crippen LogP contribution in [0.3, 0.4) is 0 Å². The fraction of sp³-hybridized carbons (Fsp3) is 0.0714. The van der Waals surface area contributed by atoms with Crippen LogP contribution in [0.2, 0.25) is 0 Å². The minimum Gasteiger partial charge on any atom is -0.488 e. The molecule has 3 nitrogen and oxygen atoms in total. The van der Waals surface area contributed by atoms with E-state index in [0.717, 1.165) is 25.2 Å². The standard InChI is InChI=1S/C14H11BrN2OS2/c15-9-4-11(19-7-9)6-18-10-2-1-8-3-13(14(16)17)20-12(8)5-10/h1-5,7H,6H2,(H3,16,17). The largest absolute Gasteiger partial charge is 0.488 e. The Labute approximate surface area is 132 Å². The van der Waals surface area contributed by atoms with E-state index in [4.69, 9.17) is 15.9 Å². The highest BCUT2D eigenvalue weighted by Gasteiger charge is 2.06. The van der Waals surface area contributed by atoms with Gasteiger partial charge < -0.3 is 10.5 Å². The molecule has 0 saturated heterocycles. The molecule has 3 aromatic rings. The van der Waals surface area contributed by atoms with Gasteiger partial charge in [0.2, 0.25) is 0 Å². The van der Waals surface area contributed by atoms with Crippen LogP contribution in [0.5, 0.6) is 5.75 Å². The van der Waals surface area contributed by atoms with E-state index in [1.54, 1.807) is 11.3 Å². The fourth-order valence-electron chi connectivity index (χ4n) is 1.82. The van der Waals surface area contributed by atoms with Crippen LogP contribution >= 0.6 is 38.6 Å². The second-order valence-corrected chi connectivity index (χ2v) is 7.24. The summed E-state index contributed by atoms with van der Waals surface area (Å²) in [6.45, 7) is 0.562. The van der Waals surface area contributed by atoms with Crippen LogP contribution in [0.4, 0.5) is 0 Å². The van der Waals surface area contributed by atoms with Gasteiger partial charge in [-0.2, -0.15) is 0 Å². The third-order valence-electron chi connectivity index (χ3n) is 2.76. The molecule has 20 heavy (non-hydrogen) atoms. The number of nitrogens with two attached hydrogens (primary N) is 1. The van der Waals surface area contributed by atoms with E-state index >= 15 is 0 Å². The highest BCUT2D eigenvalue weighted by molar-refractivity contribution is 9.10. The lowest BCUT2D eigenvalue weighted by Gasteiger charge is -2.04. The first-order valence-corrected chi connectivity index (χ1v) is 8.34. The summed E-state index contributed by atoms with van der Waals surface area (Å²) in [5, 5.41) is 10.6. The van der Waals surface area contributed by atoms with Gasteiger partial charge in [0.1, 0.15) is 18.2 Å². The predicted octanol–water partition coefficient (Wildman–Crippen LogP) is 4.59. The summed E-state index contributed by atoms with van der Waals surface area (Å²) in [5.41, 5.74) is 5.51. The van der Waals surface area contributed by atoms with E-state index in [-0.39, 0.29) is 5.84 Å². The van der Waals surface area contributed by atoms with Crippen molar-refractivity contribution < 1.29 is 4.74 Å². The number of hydrogen-bond donors (Lipinski definition) is 2. The number of fused-ring (bicyclic) bond motifs is 1. The number of thiophene rings is 2. The van der Waals surface area contributed by atoms with Gasteiger partial charge in [-0.25, -0.2) is 0 Å². The molecule has 0 aliphatic heterocycles. The van der Waals surface area contributed by atoms with Gasteiger partial charge in [0, 0.05) is 19.4 Å². The van der Waals surface area contributed by atoms with Crippen molar-refractivity contribution in [3.63, 3.8) is 0 Å². The maximum absolute atomic E-state index is 7.47. The average Bonchev–Trinajstić information content (AvgIpc) is 3.01. The van der Waals surface area contributed by atoms with E-state index in [1.165, 1.54) is 16.2 Å². The Kier molecular flexibility index (Phi) is 3.78. The van der Waals surface area contributed by atoms with E-state index < -0.39 is 0 Å². The predicted molar refractivity (Wildman–Crippen MR) is 89.2 cm³/mol. The summed E-state index contributed by atoms with van der Waals surface area (Å²) in [4.78, 5) is 1.96. The Balaban J connectivity index is 1.80. The van der Waals surface area contributed by atoms with Crippen molar-refractivity contribution in [3.8, 4) is 5.75 Å². The molecular formula is C14H11BrN2OS2. The van der Waals surface area contributed by atoms with Crippen molar-refractivity contribution in [2.75, 3.05) is 0 Å². The molecule has 3 N–H and O–H groups in total. The van der Waals surface area contributed by atoms with Gasteiger partial charge >= 0.3 is 0 Å². The Morgan fingerprint density at radius 1 is 1.30 bits per heavy atom. The summed E-state index contributed by atoms with van der Waals surface area (Å²) < 4.78 is 7.96. The summed E-state index contributed by atoms with van der Waals surface area (Å²) in [6.07, 6.45) is 0. The zero-order valence-corrected chi connectivity index (χ0v) is 13.6. The molecule has 0 saturated carbocycles. The Hall–Kier alpha value is -1.37. The number of benzene rings is 1. The first-order valence-electron chi connectivity index (χ1n) is 5.85. The molecule has 2 aromatic heterocycles. The van der Waals surface area contributed by atoms with Crippen molar-refractivity contribution in [3.05, 3.63) is 49.9 Å². The average molecular weight is 367 g/mol. The molecule has 0 fully saturated rings. The molecule has 0 atom stereocenters. The van der Waals surface area contributed by atoms with Crippen molar-refractivity contribution in [1.82, 2.24) is 0 Å². The Morgan fingerprint density at radius 3 is 2.85 bits per heavy atom. The normalized spacial score (nSPS) is 10.8. The third-order valence-corrected chi connectivity index (χ3v) is 5.56. The number of rotatable bonds is 4. The fourth-order valence-corrected chi connectivity index (χ4v) is 4.13. The number of amidine groups is 1. The second-order valence-electron chi connectivity index (χ2n) is 4.24. The third kappa shape index (κ3) is 2.87. The van der Waals surface area contributed by atoms with E-state index in [9.17, 15) is 0 Å². The van der Waals surface area contributed by atoms with Crippen molar-refractivity contribution in [2.45, 2.75) is 6.61 Å². The lowest BCUT2D eigenvalue weighted by Crippen LogP contribution is -2.08. The number of hydrogen-bond acceptors (Lipinski definition) is 4. The van der Waals surface area contributed by atoms with Gasteiger partial charge in [-0.15, -0.1) is 22.7 Å². The molecular weight excluding hydrogens is 356 g/mol. The zero-order chi connectivity index (χ0) is 14.1. The van der Waals surface area contributed by atoms with Gasteiger partial charge in [0.25, 0.3) is 0 Å². The Morgan fingerprint density at radius 2 is 2.15 bits per heavy atom. The number of nitrogen functional groups attached to an aromatic ring is 1. The number of ether oxygens (including phenoxy) is 1. The lowest BCUT2D eigenvalue weighted by atomic mass is 10.2. The topological polar surface area (TPSA) is 59.1 Å². The quantitative estimate of drug-likeness (QED) is 0.524. The lowest BCUT2D eigenvalue weighted by molar-refractivity contribution is 0.310. The monoisotopic (exact) mass is 366 g/mol. The van der Waals surface area contributed by atoms with Crippen LogP contribution < -0.4 is 10.5 Å². The van der Waals surface area contributed by atoms with Crippen LogP contribution in [0.25, 0.3) is 10.1 Å². The highest BCUT2D eigenvalue weighted by Crippen LogP contribution is 2.29. The summed E-state index contributed by atoms with van der Waals surface area (Å²) in [5.74, 6) is 0.941.